The van der Waals surface area contributed by atoms with Gasteiger partial charge in [-0.25, -0.2) is 0 Å². The number of aromatic nitrogens is 1. The number of nitrogens with zero attached hydrogens (tertiary/aromatic N) is 2. The highest BCUT2D eigenvalue weighted by atomic mass is 16.6. The Kier molecular flexibility index (Phi) is 6.64. The highest BCUT2D eigenvalue weighted by Crippen LogP contribution is 2.17. The molecular weight excluding hydrogens is 364 g/mol. The number of benzene rings is 1. The largest absolute Gasteiger partial charge is 0.352 e. The molecule has 0 radical (unpaired) electrons. The van der Waals surface area contributed by atoms with E-state index < -0.39 is 16.4 Å². The van der Waals surface area contributed by atoms with Crippen molar-refractivity contribution in [2.75, 3.05) is 11.9 Å². The maximum atomic E-state index is 12.2. The number of nitro groups is 1. The minimum absolute atomic E-state index is 0.196. The first-order chi connectivity index (χ1) is 13.2. The fourth-order valence-corrected chi connectivity index (χ4v) is 2.44. The van der Waals surface area contributed by atoms with Gasteiger partial charge < -0.3 is 10.6 Å². The summed E-state index contributed by atoms with van der Waals surface area (Å²) in [6.07, 6.45) is 1.02. The number of hydrogen-bond acceptors (Lipinski definition) is 5. The molecule has 0 saturated heterocycles. The number of rotatable bonds is 7. The molecule has 1 heterocycles. The number of amides is 2. The van der Waals surface area contributed by atoms with Gasteiger partial charge in [0.15, 0.2) is 0 Å². The van der Waals surface area contributed by atoms with Crippen molar-refractivity contribution < 1.29 is 14.5 Å². The normalized spacial score (nSPS) is 10.6. The van der Waals surface area contributed by atoms with Gasteiger partial charge >= 0.3 is 0 Å². The summed E-state index contributed by atoms with van der Waals surface area (Å²) in [5.74, 6) is -0.374. The Morgan fingerprint density at radius 1 is 1.21 bits per heavy atom. The van der Waals surface area contributed by atoms with Gasteiger partial charge in [-0.1, -0.05) is 13.8 Å². The molecule has 148 valence electrons. The maximum absolute atomic E-state index is 12.2. The zero-order chi connectivity index (χ0) is 20.8. The first-order valence-corrected chi connectivity index (χ1v) is 8.71. The Morgan fingerprint density at radius 3 is 2.54 bits per heavy atom. The van der Waals surface area contributed by atoms with E-state index in [1.54, 1.807) is 25.1 Å². The van der Waals surface area contributed by atoms with Crippen LogP contribution in [0, 0.1) is 23.0 Å². The SMILES string of the molecule is Cc1cc(C(=O)NCC(C)C)ccc1NC(=O)Cn1cc([N+](=O)[O-])ccc1=O. The van der Waals surface area contributed by atoms with Gasteiger partial charge in [0, 0.05) is 29.9 Å². The molecule has 2 amide bonds. The lowest BCUT2D eigenvalue weighted by molar-refractivity contribution is -0.385. The molecule has 0 saturated carbocycles. The zero-order valence-corrected chi connectivity index (χ0v) is 15.9. The summed E-state index contributed by atoms with van der Waals surface area (Å²) in [5.41, 5.74) is 0.849. The highest BCUT2D eigenvalue weighted by molar-refractivity contribution is 5.96. The predicted octanol–water partition coefficient (Wildman–Crippen LogP) is 2.09. The van der Waals surface area contributed by atoms with E-state index in [1.165, 1.54) is 0 Å². The number of anilines is 1. The van der Waals surface area contributed by atoms with Crippen molar-refractivity contribution in [3.63, 3.8) is 0 Å². The first kappa shape index (κ1) is 20.8. The lowest BCUT2D eigenvalue weighted by Crippen LogP contribution is -2.28. The number of carbonyl (C=O) groups is 2. The van der Waals surface area contributed by atoms with E-state index in [9.17, 15) is 24.5 Å². The average Bonchev–Trinajstić information content (AvgIpc) is 2.62. The lowest BCUT2D eigenvalue weighted by Gasteiger charge is -2.12. The fraction of sp³-hybridized carbons (Fsp3) is 0.316. The minimum Gasteiger partial charge on any atom is -0.352 e. The van der Waals surface area contributed by atoms with Crippen LogP contribution in [0.2, 0.25) is 0 Å². The molecule has 1 aromatic heterocycles. The van der Waals surface area contributed by atoms with Gasteiger partial charge in [-0.05, 0) is 36.6 Å². The van der Waals surface area contributed by atoms with Crippen molar-refractivity contribution >= 4 is 23.2 Å². The molecule has 28 heavy (non-hydrogen) atoms. The molecule has 0 atom stereocenters. The highest BCUT2D eigenvalue weighted by Gasteiger charge is 2.13. The van der Waals surface area contributed by atoms with Crippen LogP contribution in [0.25, 0.3) is 0 Å². The van der Waals surface area contributed by atoms with Crippen molar-refractivity contribution in [1.82, 2.24) is 9.88 Å². The van der Waals surface area contributed by atoms with Crippen molar-refractivity contribution in [2.24, 2.45) is 5.92 Å². The number of hydrogen-bond donors (Lipinski definition) is 2. The van der Waals surface area contributed by atoms with Gasteiger partial charge in [0.1, 0.15) is 6.54 Å². The summed E-state index contributed by atoms with van der Waals surface area (Å²) in [4.78, 5) is 46.3. The molecule has 0 unspecified atom stereocenters. The Balaban J connectivity index is 2.08. The Labute approximate surface area is 161 Å². The molecular formula is C19H22N4O5. The molecule has 1 aromatic carbocycles. The van der Waals surface area contributed by atoms with Crippen LogP contribution < -0.4 is 16.2 Å². The quantitative estimate of drug-likeness (QED) is 0.557. The second-order valence-electron chi connectivity index (χ2n) is 6.79. The Hall–Kier alpha value is -3.49. The van der Waals surface area contributed by atoms with Gasteiger partial charge in [-0.15, -0.1) is 0 Å². The minimum atomic E-state index is -0.638. The van der Waals surface area contributed by atoms with Gasteiger partial charge in [-0.2, -0.15) is 0 Å². The van der Waals surface area contributed by atoms with Crippen LogP contribution in [0.4, 0.5) is 11.4 Å². The van der Waals surface area contributed by atoms with E-state index in [0.29, 0.717) is 29.3 Å². The van der Waals surface area contributed by atoms with Crippen LogP contribution in [-0.4, -0.2) is 27.8 Å². The molecule has 2 rings (SSSR count). The van der Waals surface area contributed by atoms with E-state index >= 15 is 0 Å². The van der Waals surface area contributed by atoms with Crippen LogP contribution in [-0.2, 0) is 11.3 Å². The molecule has 9 nitrogen and oxygen atoms in total. The fourth-order valence-electron chi connectivity index (χ4n) is 2.44. The maximum Gasteiger partial charge on any atom is 0.285 e. The van der Waals surface area contributed by atoms with E-state index in [4.69, 9.17) is 0 Å². The third-order valence-corrected chi connectivity index (χ3v) is 3.93. The summed E-state index contributed by atoms with van der Waals surface area (Å²) < 4.78 is 0.969. The second kappa shape index (κ2) is 8.94. The molecule has 9 heteroatoms. The number of pyridine rings is 1. The molecule has 0 bridgehead atoms. The van der Waals surface area contributed by atoms with Gasteiger partial charge in [0.2, 0.25) is 5.91 Å². The zero-order valence-electron chi connectivity index (χ0n) is 15.9. The molecule has 0 fully saturated rings. The van der Waals surface area contributed by atoms with E-state index in [1.807, 2.05) is 13.8 Å². The van der Waals surface area contributed by atoms with Crippen LogP contribution in [0.15, 0.2) is 41.3 Å². The van der Waals surface area contributed by atoms with E-state index in [-0.39, 0.29) is 18.1 Å². The summed E-state index contributed by atoms with van der Waals surface area (Å²) in [5, 5.41) is 16.3. The van der Waals surface area contributed by atoms with Crippen LogP contribution in [0.5, 0.6) is 0 Å². The molecule has 0 spiro atoms. The summed E-state index contributed by atoms with van der Waals surface area (Å²) in [7, 11) is 0. The van der Waals surface area contributed by atoms with Crippen molar-refractivity contribution in [3.8, 4) is 0 Å². The van der Waals surface area contributed by atoms with Crippen molar-refractivity contribution in [3.05, 3.63) is 68.1 Å². The second-order valence-corrected chi connectivity index (χ2v) is 6.79. The summed E-state index contributed by atoms with van der Waals surface area (Å²) in [6.45, 7) is 5.94. The molecule has 0 aliphatic rings. The van der Waals surface area contributed by atoms with Crippen LogP contribution in [0.3, 0.4) is 0 Å². The molecule has 0 aliphatic carbocycles. The first-order valence-electron chi connectivity index (χ1n) is 8.71. The summed E-state index contributed by atoms with van der Waals surface area (Å²) >= 11 is 0. The standard InChI is InChI=1S/C19H22N4O5/c1-12(2)9-20-19(26)14-4-6-16(13(3)8-14)21-17(24)11-22-10-15(23(27)28)5-7-18(22)25/h4-8,10,12H,9,11H2,1-3H3,(H,20,26)(H,21,24). The van der Waals surface area contributed by atoms with Crippen molar-refractivity contribution in [2.45, 2.75) is 27.3 Å². The van der Waals surface area contributed by atoms with Gasteiger partial charge in [0.25, 0.3) is 17.2 Å². The number of aryl methyl sites for hydroxylation is 1. The molecule has 0 aliphatic heterocycles. The number of nitrogens with one attached hydrogen (secondary N) is 2. The van der Waals surface area contributed by atoms with Crippen molar-refractivity contribution in [1.29, 1.82) is 0 Å². The topological polar surface area (TPSA) is 123 Å². The Morgan fingerprint density at radius 2 is 1.93 bits per heavy atom. The monoisotopic (exact) mass is 386 g/mol. The van der Waals surface area contributed by atoms with Crippen LogP contribution in [0.1, 0.15) is 29.8 Å². The third kappa shape index (κ3) is 5.50. The Bertz CT molecular complexity index is 965. The van der Waals surface area contributed by atoms with Gasteiger partial charge in [-0.3, -0.25) is 29.1 Å². The molecule has 2 N–H and O–H groups in total. The lowest BCUT2D eigenvalue weighted by atomic mass is 10.1. The van der Waals surface area contributed by atoms with Crippen LogP contribution >= 0.6 is 0 Å². The van der Waals surface area contributed by atoms with E-state index in [2.05, 4.69) is 10.6 Å². The van der Waals surface area contributed by atoms with Gasteiger partial charge in [0.05, 0.1) is 11.1 Å². The van der Waals surface area contributed by atoms with E-state index in [0.717, 1.165) is 22.9 Å². The smallest absolute Gasteiger partial charge is 0.285 e. The summed E-state index contributed by atoms with van der Waals surface area (Å²) in [6, 6.07) is 6.99. The number of carbonyl (C=O) groups excluding carboxylic acids is 2. The predicted molar refractivity (Wildman–Crippen MR) is 104 cm³/mol. The molecule has 2 aromatic rings. The third-order valence-electron chi connectivity index (χ3n) is 3.93. The average molecular weight is 386 g/mol.